The molecule has 1 aliphatic carbocycles. The van der Waals surface area contributed by atoms with E-state index < -0.39 is 24.0 Å². The van der Waals surface area contributed by atoms with Gasteiger partial charge in [0.2, 0.25) is 34.4 Å². The summed E-state index contributed by atoms with van der Waals surface area (Å²) >= 11 is 12.3. The van der Waals surface area contributed by atoms with Crippen molar-refractivity contribution in [2.45, 2.75) is 90.4 Å². The summed E-state index contributed by atoms with van der Waals surface area (Å²) in [6, 6.07) is -1.03. The molecule has 0 unspecified atom stereocenters. The van der Waals surface area contributed by atoms with Gasteiger partial charge in [0.25, 0.3) is 0 Å². The number of nitrogens with one attached hydrogen (secondary N) is 4. The van der Waals surface area contributed by atoms with E-state index in [1.165, 1.54) is 14.2 Å². The fourth-order valence-electron chi connectivity index (χ4n) is 4.67. The Morgan fingerprint density at radius 1 is 0.667 bits per heavy atom. The second kappa shape index (κ2) is 15.8. The van der Waals surface area contributed by atoms with Gasteiger partial charge in [0, 0.05) is 12.1 Å². The van der Waals surface area contributed by atoms with Crippen molar-refractivity contribution in [2.75, 3.05) is 35.5 Å². The molecule has 42 heavy (non-hydrogen) atoms. The molecule has 1 saturated carbocycles. The first-order valence-electron chi connectivity index (χ1n) is 14.0. The normalized spacial score (nSPS) is 18.2. The van der Waals surface area contributed by atoms with Gasteiger partial charge in [-0.15, -0.1) is 0 Å². The molecule has 232 valence electrons. The Kier molecular flexibility index (Phi) is 12.5. The van der Waals surface area contributed by atoms with Crippen LogP contribution in [0.15, 0.2) is 0 Å². The molecule has 14 nitrogen and oxygen atoms in total. The van der Waals surface area contributed by atoms with Gasteiger partial charge < -0.3 is 30.7 Å². The average Bonchev–Trinajstić information content (AvgIpc) is 2.91. The lowest BCUT2D eigenvalue weighted by Crippen LogP contribution is -2.35. The number of hydrogen-bond donors (Lipinski definition) is 4. The fourth-order valence-corrected chi connectivity index (χ4v) is 4.99. The summed E-state index contributed by atoms with van der Waals surface area (Å²) in [7, 11) is 2.69. The van der Waals surface area contributed by atoms with Crippen LogP contribution in [0.5, 0.6) is 0 Å². The first-order valence-corrected chi connectivity index (χ1v) is 14.8. The minimum Gasteiger partial charge on any atom is -0.467 e. The number of hydrogen-bond acceptors (Lipinski definition) is 14. The number of anilines is 4. The van der Waals surface area contributed by atoms with Gasteiger partial charge in [-0.25, -0.2) is 9.59 Å². The highest BCUT2D eigenvalue weighted by Gasteiger charge is 2.26. The van der Waals surface area contributed by atoms with Crippen LogP contribution in [-0.4, -0.2) is 80.2 Å². The maximum atomic E-state index is 12.2. The largest absolute Gasteiger partial charge is 0.467 e. The maximum absolute atomic E-state index is 12.2. The minimum atomic E-state index is -0.607. The van der Waals surface area contributed by atoms with E-state index >= 15 is 0 Å². The lowest BCUT2D eigenvalue weighted by molar-refractivity contribution is -0.142. The van der Waals surface area contributed by atoms with Crippen LogP contribution >= 0.6 is 23.2 Å². The number of carbonyl (C=O) groups is 2. The predicted molar refractivity (Wildman–Crippen MR) is 161 cm³/mol. The standard InChI is InChI=1S/C26H40Cl2N10O4/c1-13(2)11-17(19(39)41-5)31-25-35-21(27)33-23(37-25)29-15-7-9-16(10-8-15)30-24-34-22(28)36-26(38-24)32-18(12-14(3)4)20(40)42-6/h13-18H,7-12H2,1-6H3,(H2,29,31,33,35,37)(H2,30,32,34,36,38)/t15?,16?,17-,18-/m0/s1. The highest BCUT2D eigenvalue weighted by atomic mass is 35.5. The minimum absolute atomic E-state index is 0.0116. The van der Waals surface area contributed by atoms with Gasteiger partial charge in [-0.3, -0.25) is 0 Å². The lowest BCUT2D eigenvalue weighted by atomic mass is 9.91. The molecule has 2 atom stereocenters. The Labute approximate surface area is 255 Å². The molecular weight excluding hydrogens is 587 g/mol. The van der Waals surface area contributed by atoms with Crippen molar-refractivity contribution >= 4 is 58.9 Å². The molecule has 3 rings (SSSR count). The molecule has 2 aromatic heterocycles. The number of halogens is 2. The Bertz CT molecular complexity index is 1110. The molecule has 1 fully saturated rings. The number of rotatable bonds is 14. The van der Waals surface area contributed by atoms with Crippen LogP contribution in [0.2, 0.25) is 10.6 Å². The average molecular weight is 628 g/mol. The van der Waals surface area contributed by atoms with Crippen molar-refractivity contribution in [1.82, 2.24) is 29.9 Å². The van der Waals surface area contributed by atoms with Crippen molar-refractivity contribution in [3.63, 3.8) is 0 Å². The summed E-state index contributed by atoms with van der Waals surface area (Å²) in [5, 5.41) is 12.7. The predicted octanol–water partition coefficient (Wildman–Crippen LogP) is 4.20. The van der Waals surface area contributed by atoms with Gasteiger partial charge in [-0.05, 0) is 73.6 Å². The van der Waals surface area contributed by atoms with Crippen molar-refractivity contribution < 1.29 is 19.1 Å². The number of ether oxygens (including phenoxy) is 2. The van der Waals surface area contributed by atoms with E-state index in [1.54, 1.807) is 0 Å². The first kappa shape index (κ1) is 33.2. The topological polar surface area (TPSA) is 178 Å². The zero-order chi connectivity index (χ0) is 30.8. The van der Waals surface area contributed by atoms with E-state index in [0.717, 1.165) is 25.7 Å². The Hall–Kier alpha value is -3.26. The van der Waals surface area contributed by atoms with E-state index in [4.69, 9.17) is 32.7 Å². The van der Waals surface area contributed by atoms with E-state index in [-0.39, 0.29) is 46.4 Å². The van der Waals surface area contributed by atoms with E-state index in [1.807, 2.05) is 27.7 Å². The maximum Gasteiger partial charge on any atom is 0.328 e. The van der Waals surface area contributed by atoms with Crippen LogP contribution < -0.4 is 21.3 Å². The van der Waals surface area contributed by atoms with Gasteiger partial charge in [0.05, 0.1) is 14.2 Å². The zero-order valence-corrected chi connectivity index (χ0v) is 26.3. The van der Waals surface area contributed by atoms with Gasteiger partial charge in [-0.1, -0.05) is 27.7 Å². The highest BCUT2D eigenvalue weighted by molar-refractivity contribution is 6.28. The molecule has 4 N–H and O–H groups in total. The lowest BCUT2D eigenvalue weighted by Gasteiger charge is -2.29. The molecule has 16 heteroatoms. The summed E-state index contributed by atoms with van der Waals surface area (Å²) in [6.07, 6.45) is 4.33. The van der Waals surface area contributed by atoms with Crippen molar-refractivity contribution in [2.24, 2.45) is 11.8 Å². The third-order valence-corrected chi connectivity index (χ3v) is 6.94. The van der Waals surface area contributed by atoms with Crippen LogP contribution in [0.1, 0.15) is 66.2 Å². The molecule has 0 bridgehead atoms. The third-order valence-electron chi connectivity index (χ3n) is 6.60. The Balaban J connectivity index is 1.58. The smallest absolute Gasteiger partial charge is 0.328 e. The molecule has 0 radical (unpaired) electrons. The zero-order valence-electron chi connectivity index (χ0n) is 24.8. The van der Waals surface area contributed by atoms with Crippen molar-refractivity contribution in [3.05, 3.63) is 10.6 Å². The summed E-state index contributed by atoms with van der Waals surface area (Å²) < 4.78 is 9.82. The quantitative estimate of drug-likeness (QED) is 0.219. The SMILES string of the molecule is COC(=O)[C@H](CC(C)C)Nc1nc(Cl)nc(NC2CCC(Nc3nc(Cl)nc(N[C@@H](CC(C)C)C(=O)OC)n3)CC2)n1. The Morgan fingerprint density at radius 3 is 1.31 bits per heavy atom. The molecule has 0 saturated heterocycles. The summed E-state index contributed by atoms with van der Waals surface area (Å²) in [5.41, 5.74) is 0. The highest BCUT2D eigenvalue weighted by Crippen LogP contribution is 2.25. The van der Waals surface area contributed by atoms with Crippen LogP contribution in [0, 0.1) is 11.8 Å². The molecule has 0 aromatic carbocycles. The molecular formula is C26H40Cl2N10O4. The molecule has 1 aliphatic rings. The summed E-state index contributed by atoms with van der Waals surface area (Å²) in [4.78, 5) is 49.9. The van der Waals surface area contributed by atoms with Gasteiger partial charge >= 0.3 is 11.9 Å². The van der Waals surface area contributed by atoms with E-state index in [2.05, 4.69) is 51.2 Å². The van der Waals surface area contributed by atoms with E-state index in [9.17, 15) is 9.59 Å². The molecule has 0 aliphatic heterocycles. The van der Waals surface area contributed by atoms with Crippen molar-refractivity contribution in [3.8, 4) is 0 Å². The van der Waals surface area contributed by atoms with Crippen molar-refractivity contribution in [1.29, 1.82) is 0 Å². The van der Waals surface area contributed by atoms with Crippen LogP contribution in [0.4, 0.5) is 23.8 Å². The number of esters is 2. The number of nitrogens with zero attached hydrogens (tertiary/aromatic N) is 6. The van der Waals surface area contributed by atoms with Gasteiger partial charge in [0.1, 0.15) is 12.1 Å². The molecule has 0 amide bonds. The third kappa shape index (κ3) is 10.5. The number of carbonyl (C=O) groups excluding carboxylic acids is 2. The summed E-state index contributed by atoms with van der Waals surface area (Å²) in [6.45, 7) is 8.04. The van der Waals surface area contributed by atoms with Gasteiger partial charge in [-0.2, -0.15) is 29.9 Å². The second-order valence-electron chi connectivity index (χ2n) is 11.0. The Morgan fingerprint density at radius 2 is 1.00 bits per heavy atom. The summed E-state index contributed by atoms with van der Waals surface area (Å²) in [5.74, 6) is 0.734. The van der Waals surface area contributed by atoms with Crippen LogP contribution in [-0.2, 0) is 19.1 Å². The number of methoxy groups -OCH3 is 2. The monoisotopic (exact) mass is 626 g/mol. The second-order valence-corrected chi connectivity index (χ2v) is 11.7. The molecule has 0 spiro atoms. The van der Waals surface area contributed by atoms with E-state index in [0.29, 0.717) is 24.7 Å². The molecule has 2 heterocycles. The van der Waals surface area contributed by atoms with Crippen LogP contribution in [0.3, 0.4) is 0 Å². The first-order chi connectivity index (χ1) is 19.9. The van der Waals surface area contributed by atoms with Crippen LogP contribution in [0.25, 0.3) is 0 Å². The number of aromatic nitrogens is 6. The fraction of sp³-hybridized carbons (Fsp3) is 0.692. The van der Waals surface area contributed by atoms with Gasteiger partial charge in [0.15, 0.2) is 0 Å². The molecule has 2 aromatic rings.